The van der Waals surface area contributed by atoms with E-state index in [9.17, 15) is 9.59 Å². The van der Waals surface area contributed by atoms with Crippen LogP contribution in [-0.4, -0.2) is 69.8 Å². The first-order chi connectivity index (χ1) is 20.5. The van der Waals surface area contributed by atoms with E-state index >= 15 is 0 Å². The number of carbonyl (C=O) groups excluding carboxylic acids is 2. The minimum absolute atomic E-state index is 0.00860. The van der Waals surface area contributed by atoms with Crippen molar-refractivity contribution in [3.05, 3.63) is 84.0 Å². The zero-order valence-electron chi connectivity index (χ0n) is 24.2. The van der Waals surface area contributed by atoms with Crippen molar-refractivity contribution in [3.8, 4) is 0 Å². The number of anilines is 2. The number of carbonyl (C=O) groups is 2. The van der Waals surface area contributed by atoms with Gasteiger partial charge in [-0.1, -0.05) is 30.0 Å². The Balaban J connectivity index is 1.38. The maximum absolute atomic E-state index is 14.1. The molecule has 2 aliphatic rings. The number of ether oxygens (including phenoxy) is 1. The summed E-state index contributed by atoms with van der Waals surface area (Å²) in [7, 11) is 0. The Morgan fingerprint density at radius 2 is 1.86 bits per heavy atom. The summed E-state index contributed by atoms with van der Waals surface area (Å²) in [5.41, 5.74) is 4.40. The monoisotopic (exact) mass is 586 g/mol. The molecule has 3 aromatic rings. The van der Waals surface area contributed by atoms with Crippen LogP contribution >= 0.6 is 11.8 Å². The molecule has 0 saturated carbocycles. The summed E-state index contributed by atoms with van der Waals surface area (Å²) in [5, 5.41) is 3.69. The molecule has 5 rings (SSSR count). The number of nitrogens with zero attached hydrogens (tertiary/aromatic N) is 5. The van der Waals surface area contributed by atoms with E-state index < -0.39 is 6.04 Å². The summed E-state index contributed by atoms with van der Waals surface area (Å²) < 4.78 is 5.47. The summed E-state index contributed by atoms with van der Waals surface area (Å²) in [4.78, 5) is 45.3. The predicted octanol–water partition coefficient (Wildman–Crippen LogP) is 4.81. The third kappa shape index (κ3) is 7.95. The van der Waals surface area contributed by atoms with E-state index in [1.54, 1.807) is 17.3 Å². The number of rotatable bonds is 10. The van der Waals surface area contributed by atoms with Crippen LogP contribution in [0.15, 0.2) is 72.2 Å². The van der Waals surface area contributed by atoms with E-state index in [0.717, 1.165) is 55.0 Å². The second-order valence-corrected chi connectivity index (χ2v) is 11.7. The van der Waals surface area contributed by atoms with E-state index in [1.165, 1.54) is 11.8 Å². The Morgan fingerprint density at radius 1 is 1.10 bits per heavy atom. The third-order valence-corrected chi connectivity index (χ3v) is 8.39. The van der Waals surface area contributed by atoms with Crippen LogP contribution < -0.4 is 10.2 Å². The highest BCUT2D eigenvalue weighted by Crippen LogP contribution is 2.29. The fourth-order valence-corrected chi connectivity index (χ4v) is 6.34. The molecule has 1 fully saturated rings. The van der Waals surface area contributed by atoms with Gasteiger partial charge in [0.15, 0.2) is 5.16 Å². The second kappa shape index (κ2) is 14.4. The maximum atomic E-state index is 14.1. The van der Waals surface area contributed by atoms with Crippen molar-refractivity contribution in [2.75, 3.05) is 42.3 Å². The Bertz CT molecular complexity index is 1360. The van der Waals surface area contributed by atoms with Crippen molar-refractivity contribution in [2.24, 2.45) is 5.92 Å². The number of hydrogen-bond donors (Lipinski definition) is 1. The van der Waals surface area contributed by atoms with Crippen LogP contribution in [-0.2, 0) is 20.9 Å². The first-order valence-corrected chi connectivity index (χ1v) is 15.5. The number of amides is 2. The number of allylic oxidation sites excluding steroid dienone is 2. The number of morpholine rings is 1. The molecule has 2 atom stereocenters. The van der Waals surface area contributed by atoms with Crippen molar-refractivity contribution in [2.45, 2.75) is 50.9 Å². The average Bonchev–Trinajstić information content (AvgIpc) is 3.01. The number of aryl methyl sites for hydroxylation is 2. The van der Waals surface area contributed by atoms with Crippen LogP contribution in [0.1, 0.15) is 36.2 Å². The van der Waals surface area contributed by atoms with Crippen molar-refractivity contribution in [1.29, 1.82) is 0 Å². The lowest BCUT2D eigenvalue weighted by Gasteiger charge is -2.37. The van der Waals surface area contributed by atoms with Gasteiger partial charge < -0.3 is 19.9 Å². The molecule has 10 heteroatoms. The number of aromatic nitrogens is 3. The molecule has 2 amide bonds. The van der Waals surface area contributed by atoms with Gasteiger partial charge in [-0.05, 0) is 81.0 Å². The van der Waals surface area contributed by atoms with Gasteiger partial charge in [0.1, 0.15) is 6.04 Å². The highest BCUT2D eigenvalue weighted by atomic mass is 32.2. The molecule has 220 valence electrons. The number of hydrogen-bond acceptors (Lipinski definition) is 8. The van der Waals surface area contributed by atoms with Gasteiger partial charge in [-0.15, -0.1) is 0 Å². The largest absolute Gasteiger partial charge is 0.378 e. The lowest BCUT2D eigenvalue weighted by atomic mass is 9.86. The van der Waals surface area contributed by atoms with Gasteiger partial charge in [-0.3, -0.25) is 14.6 Å². The lowest BCUT2D eigenvalue weighted by Crippen LogP contribution is -2.51. The Morgan fingerprint density at radius 3 is 2.52 bits per heavy atom. The summed E-state index contributed by atoms with van der Waals surface area (Å²) >= 11 is 1.30. The molecule has 9 nitrogen and oxygen atoms in total. The third-order valence-electron chi connectivity index (χ3n) is 7.55. The van der Waals surface area contributed by atoms with Crippen molar-refractivity contribution in [1.82, 2.24) is 19.9 Å². The van der Waals surface area contributed by atoms with Gasteiger partial charge >= 0.3 is 0 Å². The fraction of sp³-hybridized carbons (Fsp3) is 0.406. The average molecular weight is 587 g/mol. The molecule has 2 aromatic heterocycles. The normalized spacial score (nSPS) is 17.5. The molecule has 42 heavy (non-hydrogen) atoms. The van der Waals surface area contributed by atoms with Crippen molar-refractivity contribution < 1.29 is 14.3 Å². The molecule has 1 aliphatic carbocycles. The summed E-state index contributed by atoms with van der Waals surface area (Å²) in [6, 6.07) is 13.0. The summed E-state index contributed by atoms with van der Waals surface area (Å²) in [6.45, 7) is 7.24. The van der Waals surface area contributed by atoms with E-state index in [4.69, 9.17) is 4.74 Å². The number of benzene rings is 1. The molecule has 0 spiro atoms. The van der Waals surface area contributed by atoms with Crippen LogP contribution in [0.25, 0.3) is 0 Å². The number of nitrogens with one attached hydrogen (secondary N) is 1. The van der Waals surface area contributed by atoms with Crippen LogP contribution in [0.4, 0.5) is 11.4 Å². The molecular formula is C32H38N6O3S. The highest BCUT2D eigenvalue weighted by Gasteiger charge is 2.36. The van der Waals surface area contributed by atoms with E-state index in [0.29, 0.717) is 24.1 Å². The molecular weight excluding hydrogens is 548 g/mol. The summed E-state index contributed by atoms with van der Waals surface area (Å²) in [5.74, 6) is -0.196. The second-order valence-electron chi connectivity index (χ2n) is 10.7. The van der Waals surface area contributed by atoms with E-state index in [-0.39, 0.29) is 30.0 Å². The predicted molar refractivity (Wildman–Crippen MR) is 165 cm³/mol. The van der Waals surface area contributed by atoms with E-state index in [2.05, 4.69) is 37.3 Å². The molecule has 1 saturated heterocycles. The minimum Gasteiger partial charge on any atom is -0.378 e. The highest BCUT2D eigenvalue weighted by molar-refractivity contribution is 7.99. The first kappa shape index (κ1) is 29.7. The molecule has 0 radical (unpaired) electrons. The van der Waals surface area contributed by atoms with Crippen LogP contribution in [0.5, 0.6) is 0 Å². The van der Waals surface area contributed by atoms with Gasteiger partial charge in [-0.2, -0.15) is 0 Å². The van der Waals surface area contributed by atoms with Crippen LogP contribution in [0.2, 0.25) is 0 Å². The van der Waals surface area contributed by atoms with E-state index in [1.807, 2.05) is 56.3 Å². The molecule has 1 N–H and O–H groups in total. The molecule has 1 aliphatic heterocycles. The zero-order chi connectivity index (χ0) is 29.3. The Kier molecular flexibility index (Phi) is 10.2. The van der Waals surface area contributed by atoms with Gasteiger partial charge in [0.25, 0.3) is 0 Å². The molecule has 3 heterocycles. The van der Waals surface area contributed by atoms with Crippen molar-refractivity contribution >= 4 is 35.0 Å². The molecule has 0 bridgehead atoms. The fourth-order valence-electron chi connectivity index (χ4n) is 5.50. The van der Waals surface area contributed by atoms with Crippen molar-refractivity contribution in [3.63, 3.8) is 0 Å². The topological polar surface area (TPSA) is 101 Å². The van der Waals surface area contributed by atoms with Crippen LogP contribution in [0.3, 0.4) is 0 Å². The summed E-state index contributed by atoms with van der Waals surface area (Å²) in [6.07, 6.45) is 10.2. The van der Waals surface area contributed by atoms with Gasteiger partial charge in [0.2, 0.25) is 11.8 Å². The smallest absolute Gasteiger partial charge is 0.247 e. The van der Waals surface area contributed by atoms with Gasteiger partial charge in [0, 0.05) is 54.8 Å². The standard InChI is InChI=1S/C32H38N6O3S/c1-23-19-24(2)35-32(34-23)42-22-29(39)38(21-25-7-6-14-33-20-25)30(26-8-4-3-5-9-26)31(40)36-27-10-12-28(13-11-27)37-15-17-41-18-16-37/h3-4,6-7,10-14,19-20,26,30H,5,8-9,15-18,21-22H2,1-2H3,(H,36,40)/t26-,30+/m0/s1. The zero-order valence-corrected chi connectivity index (χ0v) is 25.1. The first-order valence-electron chi connectivity index (χ1n) is 14.5. The SMILES string of the molecule is Cc1cc(C)nc(SCC(=O)N(Cc2cccnc2)[C@@H](C(=O)Nc2ccc(N3CCOCC3)cc2)[C@H]2CC=CCC2)n1. The number of pyridine rings is 1. The molecule has 1 aromatic carbocycles. The minimum atomic E-state index is -0.651. The van der Waals surface area contributed by atoms with Crippen LogP contribution in [0, 0.1) is 19.8 Å². The van der Waals surface area contributed by atoms with Gasteiger partial charge in [-0.25, -0.2) is 9.97 Å². The Hall–Kier alpha value is -3.76. The maximum Gasteiger partial charge on any atom is 0.247 e. The molecule has 0 unspecified atom stereocenters. The Labute approximate surface area is 251 Å². The van der Waals surface area contributed by atoms with Gasteiger partial charge in [0.05, 0.1) is 19.0 Å². The quantitative estimate of drug-likeness (QED) is 0.205. The number of thioether (sulfide) groups is 1. The lowest BCUT2D eigenvalue weighted by molar-refractivity contribution is -0.139.